The number of rotatable bonds is 5. The molecule has 0 saturated heterocycles. The number of methoxy groups -OCH3 is 2. The van der Waals surface area contributed by atoms with Gasteiger partial charge in [0.25, 0.3) is 0 Å². The van der Waals surface area contributed by atoms with Gasteiger partial charge in [-0.05, 0) is 62.7 Å². The van der Waals surface area contributed by atoms with Crippen molar-refractivity contribution in [1.29, 1.82) is 0 Å². The van der Waals surface area contributed by atoms with Crippen molar-refractivity contribution in [2.75, 3.05) is 14.2 Å². The van der Waals surface area contributed by atoms with Gasteiger partial charge in [0.2, 0.25) is 0 Å². The van der Waals surface area contributed by atoms with E-state index in [-0.39, 0.29) is 17.4 Å². The highest BCUT2D eigenvalue weighted by Gasteiger charge is 2.57. The first kappa shape index (κ1) is 19.0. The Hall–Kier alpha value is -1.32. The molecular weight excluding hydrogens is 304 g/mol. The zero-order chi connectivity index (χ0) is 18.0. The van der Waals surface area contributed by atoms with Crippen LogP contribution < -0.4 is 0 Å². The van der Waals surface area contributed by atoms with E-state index < -0.39 is 5.41 Å². The Labute approximate surface area is 146 Å². The molecule has 2 aliphatic rings. The summed E-state index contributed by atoms with van der Waals surface area (Å²) in [7, 11) is 2.93. The van der Waals surface area contributed by atoms with E-state index in [9.17, 15) is 9.59 Å². The lowest BCUT2D eigenvalue weighted by molar-refractivity contribution is -0.168. The standard InChI is InChI=1S/C20H32O4/c1-14-10-11-16-19(2,15(14)8-6-9-17(21)23-4)12-7-13-20(16,3)18(22)24-5/h15-16H,1,6-13H2,2-5H3/t15-,16+,19+,20-/m0/s1. The van der Waals surface area contributed by atoms with Crippen LogP contribution in [-0.2, 0) is 19.1 Å². The van der Waals surface area contributed by atoms with Crippen molar-refractivity contribution < 1.29 is 19.1 Å². The summed E-state index contributed by atoms with van der Waals surface area (Å²) in [6, 6.07) is 0. The fraction of sp³-hybridized carbons (Fsp3) is 0.800. The van der Waals surface area contributed by atoms with E-state index in [4.69, 9.17) is 9.47 Å². The summed E-state index contributed by atoms with van der Waals surface area (Å²) in [5.74, 6) is 0.463. The van der Waals surface area contributed by atoms with Gasteiger partial charge in [-0.15, -0.1) is 0 Å². The number of fused-ring (bicyclic) bond motifs is 1. The molecule has 0 amide bonds. The van der Waals surface area contributed by atoms with Crippen molar-refractivity contribution in [3.05, 3.63) is 12.2 Å². The van der Waals surface area contributed by atoms with Crippen molar-refractivity contribution in [3.8, 4) is 0 Å². The van der Waals surface area contributed by atoms with E-state index >= 15 is 0 Å². The van der Waals surface area contributed by atoms with E-state index in [0.717, 1.165) is 44.9 Å². The average molecular weight is 336 g/mol. The van der Waals surface area contributed by atoms with Crippen molar-refractivity contribution >= 4 is 11.9 Å². The van der Waals surface area contributed by atoms with Crippen LogP contribution in [0, 0.1) is 22.7 Å². The third-order valence-electron chi connectivity index (χ3n) is 6.77. The zero-order valence-electron chi connectivity index (χ0n) is 15.7. The topological polar surface area (TPSA) is 52.6 Å². The summed E-state index contributed by atoms with van der Waals surface area (Å²) in [6.07, 6.45) is 7.25. The molecular formula is C20H32O4. The highest BCUT2D eigenvalue weighted by Crippen LogP contribution is 2.62. The molecule has 0 aliphatic heterocycles. The summed E-state index contributed by atoms with van der Waals surface area (Å²) < 4.78 is 9.91. The lowest BCUT2D eigenvalue weighted by atomic mass is 9.46. The highest BCUT2D eigenvalue weighted by atomic mass is 16.5. The summed E-state index contributed by atoms with van der Waals surface area (Å²) in [6.45, 7) is 8.74. The van der Waals surface area contributed by atoms with Gasteiger partial charge in [0.1, 0.15) is 0 Å². The number of carbonyl (C=O) groups is 2. The van der Waals surface area contributed by atoms with Crippen LogP contribution in [0.5, 0.6) is 0 Å². The molecule has 2 rings (SSSR count). The maximum atomic E-state index is 12.5. The minimum absolute atomic E-state index is 0.0621. The summed E-state index contributed by atoms with van der Waals surface area (Å²) in [4.78, 5) is 23.9. The van der Waals surface area contributed by atoms with E-state index in [1.807, 2.05) is 0 Å². The van der Waals surface area contributed by atoms with Gasteiger partial charge in [0.15, 0.2) is 0 Å². The van der Waals surface area contributed by atoms with Crippen LogP contribution in [0.2, 0.25) is 0 Å². The van der Waals surface area contributed by atoms with E-state index in [0.29, 0.717) is 18.3 Å². The second-order valence-corrected chi connectivity index (χ2v) is 8.04. The SMILES string of the molecule is C=C1CC[C@@H]2[C@](C)(CCC[C@]2(C)C(=O)OC)[C@H]1CCCC(=O)OC. The number of carbonyl (C=O) groups excluding carboxylic acids is 2. The molecule has 24 heavy (non-hydrogen) atoms. The van der Waals surface area contributed by atoms with Crippen LogP contribution in [-0.4, -0.2) is 26.2 Å². The lowest BCUT2D eigenvalue weighted by Crippen LogP contribution is -2.53. The predicted octanol–water partition coefficient (Wildman–Crippen LogP) is 4.28. The van der Waals surface area contributed by atoms with Gasteiger partial charge in [-0.2, -0.15) is 0 Å². The smallest absolute Gasteiger partial charge is 0.311 e. The highest BCUT2D eigenvalue weighted by molar-refractivity contribution is 5.77. The van der Waals surface area contributed by atoms with Gasteiger partial charge in [-0.1, -0.05) is 25.5 Å². The zero-order valence-corrected chi connectivity index (χ0v) is 15.7. The quantitative estimate of drug-likeness (QED) is 0.555. The maximum absolute atomic E-state index is 12.5. The van der Waals surface area contributed by atoms with Crippen molar-refractivity contribution in [2.24, 2.45) is 22.7 Å². The Morgan fingerprint density at radius 3 is 2.54 bits per heavy atom. The monoisotopic (exact) mass is 336 g/mol. The van der Waals surface area contributed by atoms with Gasteiger partial charge < -0.3 is 9.47 Å². The van der Waals surface area contributed by atoms with Crippen LogP contribution in [0.25, 0.3) is 0 Å². The maximum Gasteiger partial charge on any atom is 0.311 e. The summed E-state index contributed by atoms with van der Waals surface area (Å²) in [5, 5.41) is 0. The molecule has 2 aliphatic carbocycles. The second kappa shape index (κ2) is 7.28. The number of hydrogen-bond donors (Lipinski definition) is 0. The molecule has 0 N–H and O–H groups in total. The molecule has 136 valence electrons. The third kappa shape index (κ3) is 3.25. The van der Waals surface area contributed by atoms with Crippen molar-refractivity contribution in [2.45, 2.75) is 65.2 Å². The largest absolute Gasteiger partial charge is 0.469 e. The number of hydrogen-bond acceptors (Lipinski definition) is 4. The van der Waals surface area contributed by atoms with Gasteiger partial charge in [-0.25, -0.2) is 0 Å². The van der Waals surface area contributed by atoms with Gasteiger partial charge in [0.05, 0.1) is 19.6 Å². The first-order valence-corrected chi connectivity index (χ1v) is 9.12. The molecule has 4 nitrogen and oxygen atoms in total. The summed E-state index contributed by atoms with van der Waals surface area (Å²) >= 11 is 0. The Bertz CT molecular complexity index is 512. The van der Waals surface area contributed by atoms with Crippen LogP contribution in [0.3, 0.4) is 0 Å². The number of ether oxygens (including phenoxy) is 2. The normalized spacial score (nSPS) is 35.9. The molecule has 0 bridgehead atoms. The molecule has 0 spiro atoms. The molecule has 4 heteroatoms. The van der Waals surface area contributed by atoms with E-state index in [1.54, 1.807) is 0 Å². The van der Waals surface area contributed by atoms with Crippen LogP contribution >= 0.6 is 0 Å². The lowest BCUT2D eigenvalue weighted by Gasteiger charge is -2.57. The molecule has 0 aromatic heterocycles. The Morgan fingerprint density at radius 1 is 1.21 bits per heavy atom. The van der Waals surface area contributed by atoms with Crippen LogP contribution in [0.15, 0.2) is 12.2 Å². The van der Waals surface area contributed by atoms with Crippen LogP contribution in [0.1, 0.15) is 65.2 Å². The minimum atomic E-state index is -0.400. The fourth-order valence-electron chi connectivity index (χ4n) is 5.51. The minimum Gasteiger partial charge on any atom is -0.469 e. The van der Waals surface area contributed by atoms with E-state index in [2.05, 4.69) is 20.4 Å². The number of allylic oxidation sites excluding steroid dienone is 1. The molecule has 2 fully saturated rings. The molecule has 2 saturated carbocycles. The van der Waals surface area contributed by atoms with Gasteiger partial charge in [0, 0.05) is 6.42 Å². The fourth-order valence-corrected chi connectivity index (χ4v) is 5.51. The Kier molecular flexibility index (Phi) is 5.77. The predicted molar refractivity (Wildman–Crippen MR) is 93.3 cm³/mol. The molecule has 0 aromatic carbocycles. The van der Waals surface area contributed by atoms with Crippen molar-refractivity contribution in [3.63, 3.8) is 0 Å². The second-order valence-electron chi connectivity index (χ2n) is 8.04. The van der Waals surface area contributed by atoms with Crippen LogP contribution in [0.4, 0.5) is 0 Å². The number of esters is 2. The molecule has 0 heterocycles. The summed E-state index contributed by atoms with van der Waals surface area (Å²) in [5.41, 5.74) is 0.947. The first-order chi connectivity index (χ1) is 11.3. The van der Waals surface area contributed by atoms with Gasteiger partial charge in [-0.3, -0.25) is 9.59 Å². The molecule has 0 radical (unpaired) electrons. The average Bonchev–Trinajstić information content (AvgIpc) is 2.56. The Morgan fingerprint density at radius 2 is 1.92 bits per heavy atom. The molecule has 0 aromatic rings. The molecule has 4 atom stereocenters. The molecule has 0 unspecified atom stereocenters. The van der Waals surface area contributed by atoms with E-state index in [1.165, 1.54) is 19.8 Å². The third-order valence-corrected chi connectivity index (χ3v) is 6.77. The van der Waals surface area contributed by atoms with Gasteiger partial charge >= 0.3 is 11.9 Å². The first-order valence-electron chi connectivity index (χ1n) is 9.12. The van der Waals surface area contributed by atoms with Crippen molar-refractivity contribution in [1.82, 2.24) is 0 Å². The Balaban J connectivity index is 2.21.